The van der Waals surface area contributed by atoms with Gasteiger partial charge in [0.2, 0.25) is 0 Å². The Morgan fingerprint density at radius 3 is 2.39 bits per heavy atom. The lowest BCUT2D eigenvalue weighted by Gasteiger charge is -2.32. The van der Waals surface area contributed by atoms with Crippen molar-refractivity contribution >= 4 is 17.6 Å². The predicted octanol–water partition coefficient (Wildman–Crippen LogP) is 2.90. The number of likely N-dealkylation sites (tertiary alicyclic amines) is 1. The van der Waals surface area contributed by atoms with Crippen LogP contribution in [0.1, 0.15) is 48.9 Å². The van der Waals surface area contributed by atoms with Crippen LogP contribution in [0.5, 0.6) is 0 Å². The van der Waals surface area contributed by atoms with E-state index < -0.39 is 0 Å². The first-order chi connectivity index (χ1) is 13.7. The second-order valence-corrected chi connectivity index (χ2v) is 8.00. The second-order valence-electron chi connectivity index (χ2n) is 8.00. The first-order valence-corrected chi connectivity index (χ1v) is 10.6. The highest BCUT2D eigenvalue weighted by Crippen LogP contribution is 2.24. The van der Waals surface area contributed by atoms with Gasteiger partial charge in [0.1, 0.15) is 0 Å². The molecule has 0 atom stereocenters. The zero-order chi connectivity index (χ0) is 19.8. The van der Waals surface area contributed by atoms with E-state index in [0.29, 0.717) is 12.3 Å². The average molecular weight is 388 g/mol. The molecule has 0 unspecified atom stereocenters. The van der Waals surface area contributed by atoms with Crippen LogP contribution in [0.3, 0.4) is 0 Å². The van der Waals surface area contributed by atoms with E-state index in [1.165, 1.54) is 20.0 Å². The molecule has 2 N–H and O–H groups in total. The summed E-state index contributed by atoms with van der Waals surface area (Å²) >= 11 is 0. The Morgan fingerprint density at radius 2 is 1.75 bits per heavy atom. The van der Waals surface area contributed by atoms with Gasteiger partial charge in [0.25, 0.3) is 5.91 Å². The van der Waals surface area contributed by atoms with E-state index in [-0.39, 0.29) is 11.9 Å². The lowest BCUT2D eigenvalue weighted by atomic mass is 9.92. The summed E-state index contributed by atoms with van der Waals surface area (Å²) in [5, 5.41) is 6.89. The molecule has 28 heavy (non-hydrogen) atoms. The van der Waals surface area contributed by atoms with Gasteiger partial charge >= 0.3 is 5.97 Å². The highest BCUT2D eigenvalue weighted by Gasteiger charge is 2.24. The van der Waals surface area contributed by atoms with Gasteiger partial charge in [-0.05, 0) is 81.3 Å². The molecule has 0 saturated carbocycles. The second kappa shape index (κ2) is 10.5. The van der Waals surface area contributed by atoms with Crippen molar-refractivity contribution in [2.45, 2.75) is 38.5 Å². The molecule has 1 amide bonds. The van der Waals surface area contributed by atoms with Crippen LogP contribution in [0, 0.1) is 11.8 Å². The van der Waals surface area contributed by atoms with Crippen LogP contribution < -0.4 is 10.6 Å². The van der Waals surface area contributed by atoms with Crippen LogP contribution in [-0.4, -0.2) is 56.6 Å². The number of nitrogens with zero attached hydrogens (tertiary/aromatic N) is 1. The largest absolute Gasteiger partial charge is 0.469 e. The van der Waals surface area contributed by atoms with Crippen LogP contribution in [-0.2, 0) is 9.53 Å². The molecule has 0 spiro atoms. The number of methoxy groups -OCH3 is 1. The minimum Gasteiger partial charge on any atom is -0.469 e. The molecule has 2 fully saturated rings. The molecule has 2 aliphatic heterocycles. The van der Waals surface area contributed by atoms with Crippen molar-refractivity contribution in [2.24, 2.45) is 11.8 Å². The number of hydrogen-bond acceptors (Lipinski definition) is 5. The molecule has 2 heterocycles. The van der Waals surface area contributed by atoms with Gasteiger partial charge in [-0.2, -0.15) is 0 Å². The minimum absolute atomic E-state index is 0.108. The number of anilines is 1. The Morgan fingerprint density at radius 1 is 1.07 bits per heavy atom. The zero-order valence-electron chi connectivity index (χ0n) is 16.9. The van der Waals surface area contributed by atoms with Gasteiger partial charge in [0.15, 0.2) is 0 Å². The van der Waals surface area contributed by atoms with Crippen molar-refractivity contribution in [1.82, 2.24) is 10.2 Å². The number of esters is 1. The zero-order valence-corrected chi connectivity index (χ0v) is 16.9. The molecule has 6 nitrogen and oxygen atoms in total. The lowest BCUT2D eigenvalue weighted by Crippen LogP contribution is -2.38. The molecule has 154 valence electrons. The summed E-state index contributed by atoms with van der Waals surface area (Å²) in [6.07, 6.45) is 5.68. The molecule has 0 aliphatic carbocycles. The number of piperidine rings is 2. The Kier molecular flexibility index (Phi) is 7.71. The first-order valence-electron chi connectivity index (χ1n) is 10.6. The van der Waals surface area contributed by atoms with E-state index in [0.717, 1.165) is 69.2 Å². The number of nitrogens with one attached hydrogen (secondary N) is 2. The molecule has 1 aromatic rings. The third kappa shape index (κ3) is 5.96. The number of amides is 1. The molecule has 2 aliphatic rings. The summed E-state index contributed by atoms with van der Waals surface area (Å²) in [7, 11) is 1.43. The number of hydrogen-bond donors (Lipinski definition) is 2. The lowest BCUT2D eigenvalue weighted by molar-refractivity contribution is -0.141. The van der Waals surface area contributed by atoms with E-state index in [2.05, 4.69) is 10.6 Å². The molecular weight excluding hydrogens is 354 g/mol. The van der Waals surface area contributed by atoms with Gasteiger partial charge in [0, 0.05) is 37.3 Å². The quantitative estimate of drug-likeness (QED) is 0.704. The Balaban J connectivity index is 1.42. The fourth-order valence-corrected chi connectivity index (χ4v) is 4.11. The third-order valence-corrected chi connectivity index (χ3v) is 6.07. The van der Waals surface area contributed by atoms with E-state index >= 15 is 0 Å². The van der Waals surface area contributed by atoms with Crippen LogP contribution in [0.2, 0.25) is 0 Å². The van der Waals surface area contributed by atoms with Crippen molar-refractivity contribution in [3.63, 3.8) is 0 Å². The van der Waals surface area contributed by atoms with Gasteiger partial charge in [-0.3, -0.25) is 9.59 Å². The summed E-state index contributed by atoms with van der Waals surface area (Å²) in [5.74, 6) is 1.19. The summed E-state index contributed by atoms with van der Waals surface area (Å²) in [6, 6.07) is 7.88. The summed E-state index contributed by atoms with van der Waals surface area (Å²) in [4.78, 5) is 26.0. The molecule has 3 rings (SSSR count). The Labute approximate surface area is 168 Å². The standard InChI is InChI=1S/C22H33N3O3/c1-28-21(26)7-2-17-10-14-25(15-11-17)22(27)19-3-5-20(6-4-19)24-16-18-8-12-23-13-9-18/h3-6,17-18,23-24H,2,7-16H2,1H3. The van der Waals surface area contributed by atoms with E-state index in [9.17, 15) is 9.59 Å². The Bertz CT molecular complexity index is 633. The number of carbonyl (C=O) groups is 2. The van der Waals surface area contributed by atoms with E-state index in [1.54, 1.807) is 0 Å². The van der Waals surface area contributed by atoms with Gasteiger partial charge in [-0.1, -0.05) is 0 Å². The summed E-state index contributed by atoms with van der Waals surface area (Å²) < 4.78 is 4.71. The normalized spacial score (nSPS) is 18.7. The average Bonchev–Trinajstić information content (AvgIpc) is 2.77. The molecule has 0 radical (unpaired) electrons. The van der Waals surface area contributed by atoms with Gasteiger partial charge in [0.05, 0.1) is 7.11 Å². The monoisotopic (exact) mass is 387 g/mol. The van der Waals surface area contributed by atoms with Crippen molar-refractivity contribution in [3.8, 4) is 0 Å². The molecular formula is C22H33N3O3. The topological polar surface area (TPSA) is 70.7 Å². The smallest absolute Gasteiger partial charge is 0.305 e. The van der Waals surface area contributed by atoms with Gasteiger partial charge < -0.3 is 20.3 Å². The number of carbonyl (C=O) groups excluding carboxylic acids is 2. The van der Waals surface area contributed by atoms with Crippen LogP contribution in [0.15, 0.2) is 24.3 Å². The summed E-state index contributed by atoms with van der Waals surface area (Å²) in [6.45, 7) is 4.74. The number of rotatable bonds is 7. The molecule has 0 bridgehead atoms. The van der Waals surface area contributed by atoms with Crippen LogP contribution >= 0.6 is 0 Å². The number of benzene rings is 1. The fourth-order valence-electron chi connectivity index (χ4n) is 4.11. The highest BCUT2D eigenvalue weighted by molar-refractivity contribution is 5.94. The maximum atomic E-state index is 12.8. The summed E-state index contributed by atoms with van der Waals surface area (Å²) in [5.41, 5.74) is 1.83. The van der Waals surface area contributed by atoms with Crippen molar-refractivity contribution in [3.05, 3.63) is 29.8 Å². The molecule has 0 aromatic heterocycles. The van der Waals surface area contributed by atoms with E-state index in [1.807, 2.05) is 29.2 Å². The highest BCUT2D eigenvalue weighted by atomic mass is 16.5. The van der Waals surface area contributed by atoms with Gasteiger partial charge in [-0.25, -0.2) is 0 Å². The van der Waals surface area contributed by atoms with Crippen LogP contribution in [0.4, 0.5) is 5.69 Å². The molecule has 1 aromatic carbocycles. The maximum absolute atomic E-state index is 12.8. The van der Waals surface area contributed by atoms with E-state index in [4.69, 9.17) is 4.74 Å². The molecule has 6 heteroatoms. The van der Waals surface area contributed by atoms with Crippen molar-refractivity contribution in [1.29, 1.82) is 0 Å². The molecule has 2 saturated heterocycles. The number of ether oxygens (including phenoxy) is 1. The van der Waals surface area contributed by atoms with Crippen LogP contribution in [0.25, 0.3) is 0 Å². The maximum Gasteiger partial charge on any atom is 0.305 e. The van der Waals surface area contributed by atoms with Crippen molar-refractivity contribution in [2.75, 3.05) is 45.2 Å². The SMILES string of the molecule is COC(=O)CCC1CCN(C(=O)c2ccc(NCC3CCNCC3)cc2)CC1. The fraction of sp³-hybridized carbons (Fsp3) is 0.636. The van der Waals surface area contributed by atoms with Crippen molar-refractivity contribution < 1.29 is 14.3 Å². The first kappa shape index (κ1) is 20.6. The Hall–Kier alpha value is -2.08. The van der Waals surface area contributed by atoms with Gasteiger partial charge in [-0.15, -0.1) is 0 Å². The third-order valence-electron chi connectivity index (χ3n) is 6.07. The minimum atomic E-state index is -0.146. The predicted molar refractivity (Wildman–Crippen MR) is 110 cm³/mol.